The molecule has 2 aromatic rings. The summed E-state index contributed by atoms with van der Waals surface area (Å²) in [6, 6.07) is 3.32. The number of nitrogens with zero attached hydrogens (tertiary/aromatic N) is 3. The Morgan fingerprint density at radius 3 is 2.40 bits per heavy atom. The van der Waals surface area contributed by atoms with Crippen LogP contribution in [0.5, 0.6) is 0 Å². The highest BCUT2D eigenvalue weighted by molar-refractivity contribution is 5.97. The molecule has 1 unspecified atom stereocenters. The molecule has 25 heavy (non-hydrogen) atoms. The van der Waals surface area contributed by atoms with E-state index >= 15 is 0 Å². The van der Waals surface area contributed by atoms with Crippen molar-refractivity contribution in [2.75, 3.05) is 0 Å². The van der Waals surface area contributed by atoms with Crippen LogP contribution in [0, 0.1) is 20.2 Å². The maximum atomic E-state index is 12.3. The fourth-order valence-corrected chi connectivity index (χ4v) is 3.44. The van der Waals surface area contributed by atoms with Gasteiger partial charge in [0.1, 0.15) is 11.3 Å². The lowest BCUT2D eigenvalue weighted by Gasteiger charge is -2.22. The number of nitro groups is 2. The van der Waals surface area contributed by atoms with Crippen molar-refractivity contribution in [3.8, 4) is 0 Å². The summed E-state index contributed by atoms with van der Waals surface area (Å²) in [5.74, 6) is -0.610. The van der Waals surface area contributed by atoms with Crippen LogP contribution in [-0.4, -0.2) is 20.2 Å². The number of fused-ring (bicyclic) bond motifs is 1. The molecule has 1 aliphatic rings. The summed E-state index contributed by atoms with van der Waals surface area (Å²) in [7, 11) is 1.37. The molecule has 1 saturated carbocycles. The molecule has 3 rings (SSSR count). The van der Waals surface area contributed by atoms with E-state index in [4.69, 9.17) is 0 Å². The summed E-state index contributed by atoms with van der Waals surface area (Å²) in [5.41, 5.74) is -1.11. The second-order valence-electron chi connectivity index (χ2n) is 6.14. The van der Waals surface area contributed by atoms with E-state index in [9.17, 15) is 29.8 Å². The number of non-ortho nitro benzene ring substituents is 2. The summed E-state index contributed by atoms with van der Waals surface area (Å²) in [6.45, 7) is 0. The van der Waals surface area contributed by atoms with E-state index in [0.29, 0.717) is 18.4 Å². The molecule has 1 aromatic carbocycles. The molecule has 9 heteroatoms. The highest BCUT2D eigenvalue weighted by Crippen LogP contribution is 2.38. The number of hydrogen-bond donors (Lipinski definition) is 0. The highest BCUT2D eigenvalue weighted by atomic mass is 16.6. The van der Waals surface area contributed by atoms with Crippen molar-refractivity contribution in [2.45, 2.75) is 31.6 Å². The zero-order valence-electron chi connectivity index (χ0n) is 13.4. The highest BCUT2D eigenvalue weighted by Gasteiger charge is 2.30. The summed E-state index contributed by atoms with van der Waals surface area (Å²) < 4.78 is 1.09. The standard InChI is InChI=1S/C16H15N3O6/c1-17-15(21)8-11(10-4-2-3-5-14(10)20)12-6-9(18(22)23)7-13(16(12)17)19(24)25/h6-8,10H,2-5H2,1H3. The van der Waals surface area contributed by atoms with Gasteiger partial charge in [-0.05, 0) is 18.4 Å². The number of pyridine rings is 1. The maximum absolute atomic E-state index is 12.3. The molecule has 1 atom stereocenters. The van der Waals surface area contributed by atoms with Crippen molar-refractivity contribution in [2.24, 2.45) is 7.05 Å². The van der Waals surface area contributed by atoms with Crippen LogP contribution in [0.3, 0.4) is 0 Å². The maximum Gasteiger partial charge on any atom is 0.300 e. The van der Waals surface area contributed by atoms with Gasteiger partial charge in [-0.1, -0.05) is 6.42 Å². The van der Waals surface area contributed by atoms with Crippen LogP contribution in [0.4, 0.5) is 11.4 Å². The van der Waals surface area contributed by atoms with Crippen molar-refractivity contribution >= 4 is 28.1 Å². The van der Waals surface area contributed by atoms with Crippen LogP contribution in [0.15, 0.2) is 23.0 Å². The fourth-order valence-electron chi connectivity index (χ4n) is 3.44. The third-order valence-electron chi connectivity index (χ3n) is 4.67. The lowest BCUT2D eigenvalue weighted by atomic mass is 9.81. The van der Waals surface area contributed by atoms with E-state index in [1.54, 1.807) is 0 Å². The van der Waals surface area contributed by atoms with Gasteiger partial charge in [-0.15, -0.1) is 0 Å². The molecule has 0 radical (unpaired) electrons. The van der Waals surface area contributed by atoms with Crippen molar-refractivity contribution in [1.29, 1.82) is 0 Å². The first-order valence-electron chi connectivity index (χ1n) is 7.80. The molecule has 0 saturated heterocycles. The Labute approximate surface area is 141 Å². The Balaban J connectivity index is 2.43. The van der Waals surface area contributed by atoms with Crippen LogP contribution in [-0.2, 0) is 11.8 Å². The van der Waals surface area contributed by atoms with Crippen molar-refractivity contribution < 1.29 is 14.6 Å². The van der Waals surface area contributed by atoms with Gasteiger partial charge in [0.05, 0.1) is 15.9 Å². The second kappa shape index (κ2) is 6.08. The molecular weight excluding hydrogens is 330 g/mol. The van der Waals surface area contributed by atoms with Gasteiger partial charge < -0.3 is 4.57 Å². The monoisotopic (exact) mass is 345 g/mol. The third-order valence-corrected chi connectivity index (χ3v) is 4.67. The SMILES string of the molecule is Cn1c(=O)cc(C2CCCCC2=O)c2cc([N+](=O)[O-])cc([N+](=O)[O-])c21. The number of carbonyl (C=O) groups excluding carboxylic acids is 1. The van der Waals surface area contributed by atoms with E-state index in [-0.39, 0.29) is 16.7 Å². The number of ketones is 1. The number of nitro benzene ring substituents is 2. The van der Waals surface area contributed by atoms with Gasteiger partial charge >= 0.3 is 0 Å². The largest absolute Gasteiger partial charge is 0.305 e. The zero-order valence-corrected chi connectivity index (χ0v) is 13.4. The summed E-state index contributed by atoms with van der Waals surface area (Å²) >= 11 is 0. The number of Topliss-reactive ketones (excluding diaryl/α,β-unsaturated/α-hetero) is 1. The number of benzene rings is 1. The molecule has 9 nitrogen and oxygen atoms in total. The van der Waals surface area contributed by atoms with Crippen LogP contribution in [0.25, 0.3) is 10.9 Å². The first kappa shape index (κ1) is 16.7. The van der Waals surface area contributed by atoms with Gasteiger partial charge in [0.25, 0.3) is 16.9 Å². The van der Waals surface area contributed by atoms with Gasteiger partial charge in [-0.3, -0.25) is 29.8 Å². The Morgan fingerprint density at radius 1 is 1.08 bits per heavy atom. The first-order valence-corrected chi connectivity index (χ1v) is 7.80. The molecule has 1 heterocycles. The molecule has 130 valence electrons. The van der Waals surface area contributed by atoms with Crippen molar-refractivity contribution in [3.63, 3.8) is 0 Å². The molecule has 0 spiro atoms. The lowest BCUT2D eigenvalue weighted by molar-refractivity contribution is -0.393. The van der Waals surface area contributed by atoms with Crippen molar-refractivity contribution in [1.82, 2.24) is 4.57 Å². The van der Waals surface area contributed by atoms with Crippen LogP contribution < -0.4 is 5.56 Å². The number of carbonyl (C=O) groups is 1. The van der Waals surface area contributed by atoms with Gasteiger partial charge in [0.2, 0.25) is 0 Å². The van der Waals surface area contributed by atoms with E-state index in [0.717, 1.165) is 23.5 Å². The molecule has 0 amide bonds. The Bertz CT molecular complexity index is 978. The Morgan fingerprint density at radius 2 is 1.80 bits per heavy atom. The number of aromatic nitrogens is 1. The molecule has 0 N–H and O–H groups in total. The molecule has 1 aliphatic carbocycles. The fraction of sp³-hybridized carbons (Fsp3) is 0.375. The van der Waals surface area contributed by atoms with Crippen molar-refractivity contribution in [3.05, 3.63) is 54.3 Å². The van der Waals surface area contributed by atoms with E-state index in [1.165, 1.54) is 19.2 Å². The topological polar surface area (TPSA) is 125 Å². The summed E-state index contributed by atoms with van der Waals surface area (Å²) in [4.78, 5) is 45.7. The van der Waals surface area contributed by atoms with E-state index in [1.807, 2.05) is 0 Å². The molecule has 0 aliphatic heterocycles. The van der Waals surface area contributed by atoms with E-state index < -0.39 is 32.7 Å². The van der Waals surface area contributed by atoms with Gasteiger partial charge in [-0.2, -0.15) is 0 Å². The smallest absolute Gasteiger partial charge is 0.300 e. The average Bonchev–Trinajstić information content (AvgIpc) is 2.57. The average molecular weight is 345 g/mol. The Hall–Kier alpha value is -3.10. The third kappa shape index (κ3) is 2.77. The first-order chi connectivity index (χ1) is 11.8. The normalized spacial score (nSPS) is 17.6. The van der Waals surface area contributed by atoms with Gasteiger partial charge in [0.15, 0.2) is 0 Å². The Kier molecular flexibility index (Phi) is 4.07. The van der Waals surface area contributed by atoms with Gasteiger partial charge in [0, 0.05) is 36.9 Å². The summed E-state index contributed by atoms with van der Waals surface area (Å²) in [6.07, 6.45) is 2.46. The van der Waals surface area contributed by atoms with Crippen LogP contribution in [0.1, 0.15) is 37.2 Å². The van der Waals surface area contributed by atoms with E-state index in [2.05, 4.69) is 0 Å². The summed E-state index contributed by atoms with van der Waals surface area (Å²) in [5, 5.41) is 22.8. The predicted molar refractivity (Wildman–Crippen MR) is 88.7 cm³/mol. The zero-order chi connectivity index (χ0) is 18.3. The minimum atomic E-state index is -0.749. The number of hydrogen-bond acceptors (Lipinski definition) is 6. The minimum Gasteiger partial charge on any atom is -0.305 e. The van der Waals surface area contributed by atoms with Gasteiger partial charge in [-0.25, -0.2) is 0 Å². The second-order valence-corrected chi connectivity index (χ2v) is 6.14. The predicted octanol–water partition coefficient (Wildman–Crippen LogP) is 2.58. The molecular formula is C16H15N3O6. The lowest BCUT2D eigenvalue weighted by Crippen LogP contribution is -2.23. The van der Waals surface area contributed by atoms with Crippen LogP contribution in [0.2, 0.25) is 0 Å². The number of aryl methyl sites for hydroxylation is 1. The van der Waals surface area contributed by atoms with Crippen LogP contribution >= 0.6 is 0 Å². The molecule has 0 bridgehead atoms. The molecule has 1 fully saturated rings. The molecule has 1 aromatic heterocycles. The minimum absolute atomic E-state index is 0.00327. The quantitative estimate of drug-likeness (QED) is 0.621. The number of rotatable bonds is 3.